The summed E-state index contributed by atoms with van der Waals surface area (Å²) in [5.74, 6) is 0.292. The zero-order chi connectivity index (χ0) is 22.2. The molecule has 0 spiro atoms. The average molecular weight is 442 g/mol. The van der Waals surface area contributed by atoms with Gasteiger partial charge in [0.25, 0.3) is 11.8 Å². The highest BCUT2D eigenvalue weighted by Gasteiger charge is 2.14. The molecule has 0 bridgehead atoms. The molecule has 0 aliphatic rings. The quantitative estimate of drug-likeness (QED) is 0.468. The van der Waals surface area contributed by atoms with Crippen LogP contribution in [0.5, 0.6) is 5.75 Å². The molecule has 3 rings (SSSR count). The average Bonchev–Trinajstić information content (AvgIpc) is 3.36. The molecular formula is C21H22N4O5S. The second kappa shape index (κ2) is 10.4. The van der Waals surface area contributed by atoms with E-state index >= 15 is 0 Å². The summed E-state index contributed by atoms with van der Waals surface area (Å²) in [5.41, 5.74) is 1.58. The minimum Gasteiger partial charge on any atom is -0.484 e. The lowest BCUT2D eigenvalue weighted by molar-refractivity contribution is -0.123. The number of anilines is 2. The summed E-state index contributed by atoms with van der Waals surface area (Å²) >= 11 is 1.24. The number of likely N-dealkylation sites (N-methyl/N-ethyl adjacent to an activating group) is 1. The second-order valence-corrected chi connectivity index (χ2v) is 7.34. The maximum Gasteiger partial charge on any atom is 0.260 e. The van der Waals surface area contributed by atoms with E-state index in [-0.39, 0.29) is 30.7 Å². The van der Waals surface area contributed by atoms with Crippen molar-refractivity contribution < 1.29 is 23.5 Å². The van der Waals surface area contributed by atoms with Crippen LogP contribution in [0.25, 0.3) is 0 Å². The van der Waals surface area contributed by atoms with E-state index < -0.39 is 0 Å². The van der Waals surface area contributed by atoms with Crippen LogP contribution in [-0.2, 0) is 16.0 Å². The zero-order valence-corrected chi connectivity index (χ0v) is 17.9. The SMILES string of the molecule is CCNC(=O)COc1ccc(NC(=O)Cc2csc(NC(=O)c3ccoc3C)n2)cc1. The number of aromatic nitrogens is 1. The monoisotopic (exact) mass is 442 g/mol. The normalized spacial score (nSPS) is 10.4. The summed E-state index contributed by atoms with van der Waals surface area (Å²) in [6.45, 7) is 4.01. The van der Waals surface area contributed by atoms with Crippen LogP contribution < -0.4 is 20.7 Å². The van der Waals surface area contributed by atoms with Crippen LogP contribution in [0.15, 0.2) is 46.4 Å². The Bertz CT molecular complexity index is 1060. The summed E-state index contributed by atoms with van der Waals surface area (Å²) < 4.78 is 10.5. The van der Waals surface area contributed by atoms with E-state index in [1.165, 1.54) is 17.6 Å². The summed E-state index contributed by atoms with van der Waals surface area (Å²) in [5, 5.41) is 10.2. The Hall–Kier alpha value is -3.66. The van der Waals surface area contributed by atoms with E-state index in [0.717, 1.165) is 0 Å². The van der Waals surface area contributed by atoms with Crippen LogP contribution in [0.3, 0.4) is 0 Å². The van der Waals surface area contributed by atoms with Gasteiger partial charge in [0.05, 0.1) is 23.9 Å². The third-order valence-electron chi connectivity index (χ3n) is 4.10. The molecule has 0 fully saturated rings. The van der Waals surface area contributed by atoms with Gasteiger partial charge in [0.15, 0.2) is 11.7 Å². The van der Waals surface area contributed by atoms with Crippen LogP contribution in [0.1, 0.15) is 28.7 Å². The number of ether oxygens (including phenoxy) is 1. The van der Waals surface area contributed by atoms with Crippen molar-refractivity contribution in [3.8, 4) is 5.75 Å². The maximum atomic E-state index is 12.3. The number of benzene rings is 1. The second-order valence-electron chi connectivity index (χ2n) is 6.48. The van der Waals surface area contributed by atoms with Gasteiger partial charge in [0.1, 0.15) is 11.5 Å². The summed E-state index contributed by atoms with van der Waals surface area (Å²) in [6.07, 6.45) is 1.51. The van der Waals surface area contributed by atoms with Crippen molar-refractivity contribution in [2.75, 3.05) is 23.8 Å². The topological polar surface area (TPSA) is 123 Å². The predicted octanol–water partition coefficient (Wildman–Crippen LogP) is 2.99. The molecule has 3 aromatic rings. The largest absolute Gasteiger partial charge is 0.484 e. The van der Waals surface area contributed by atoms with Gasteiger partial charge in [0, 0.05) is 17.6 Å². The number of aryl methyl sites for hydroxylation is 1. The van der Waals surface area contributed by atoms with E-state index in [1.807, 2.05) is 6.92 Å². The van der Waals surface area contributed by atoms with E-state index in [1.54, 1.807) is 42.6 Å². The molecule has 3 amide bonds. The molecule has 0 aliphatic carbocycles. The number of furan rings is 1. The Labute approximate surface area is 182 Å². The first kappa shape index (κ1) is 22.0. The highest BCUT2D eigenvalue weighted by atomic mass is 32.1. The number of nitrogens with zero attached hydrogens (tertiary/aromatic N) is 1. The van der Waals surface area contributed by atoms with E-state index in [2.05, 4.69) is 20.9 Å². The summed E-state index contributed by atoms with van der Waals surface area (Å²) in [6, 6.07) is 8.30. The predicted molar refractivity (Wildman–Crippen MR) is 116 cm³/mol. The third-order valence-corrected chi connectivity index (χ3v) is 4.91. The molecule has 0 atom stereocenters. The van der Waals surface area contributed by atoms with Crippen molar-refractivity contribution in [3.05, 3.63) is 59.0 Å². The number of carbonyl (C=O) groups is 3. The lowest BCUT2D eigenvalue weighted by Crippen LogP contribution is -2.28. The van der Waals surface area contributed by atoms with Gasteiger partial charge in [-0.3, -0.25) is 19.7 Å². The molecule has 0 saturated carbocycles. The van der Waals surface area contributed by atoms with Crippen molar-refractivity contribution in [1.29, 1.82) is 0 Å². The Morgan fingerprint density at radius 2 is 1.87 bits per heavy atom. The van der Waals surface area contributed by atoms with E-state index in [0.29, 0.717) is 40.1 Å². The standard InChI is InChI=1S/C21H22N4O5S/c1-3-22-19(27)11-30-16-6-4-14(5-7-16)23-18(26)10-15-12-31-21(24-15)25-20(28)17-8-9-29-13(17)2/h4-9,12H,3,10-11H2,1-2H3,(H,22,27)(H,23,26)(H,24,25,28). The summed E-state index contributed by atoms with van der Waals surface area (Å²) in [7, 11) is 0. The van der Waals surface area contributed by atoms with Crippen molar-refractivity contribution in [1.82, 2.24) is 10.3 Å². The molecule has 31 heavy (non-hydrogen) atoms. The first-order valence-electron chi connectivity index (χ1n) is 9.54. The molecule has 9 nitrogen and oxygen atoms in total. The molecule has 3 N–H and O–H groups in total. The molecule has 162 valence electrons. The summed E-state index contributed by atoms with van der Waals surface area (Å²) in [4.78, 5) is 40.2. The fraction of sp³-hybridized carbons (Fsp3) is 0.238. The molecule has 0 radical (unpaired) electrons. The highest BCUT2D eigenvalue weighted by molar-refractivity contribution is 7.14. The molecular weight excluding hydrogens is 420 g/mol. The van der Waals surface area contributed by atoms with Crippen LogP contribution >= 0.6 is 11.3 Å². The van der Waals surface area contributed by atoms with Crippen LogP contribution in [0.4, 0.5) is 10.8 Å². The van der Waals surface area contributed by atoms with E-state index in [4.69, 9.17) is 9.15 Å². The fourth-order valence-corrected chi connectivity index (χ4v) is 3.34. The zero-order valence-electron chi connectivity index (χ0n) is 17.1. The Morgan fingerprint density at radius 3 is 2.55 bits per heavy atom. The molecule has 1 aromatic carbocycles. The van der Waals surface area contributed by atoms with Gasteiger partial charge in [-0.2, -0.15) is 0 Å². The number of rotatable bonds is 9. The highest BCUT2D eigenvalue weighted by Crippen LogP contribution is 2.19. The van der Waals surface area contributed by atoms with Gasteiger partial charge >= 0.3 is 0 Å². The van der Waals surface area contributed by atoms with Gasteiger partial charge in [-0.25, -0.2) is 4.98 Å². The number of amides is 3. The molecule has 0 unspecified atom stereocenters. The Kier molecular flexibility index (Phi) is 7.39. The van der Waals surface area contributed by atoms with Crippen molar-refractivity contribution in [2.45, 2.75) is 20.3 Å². The van der Waals surface area contributed by atoms with Gasteiger partial charge in [-0.1, -0.05) is 0 Å². The molecule has 10 heteroatoms. The van der Waals surface area contributed by atoms with Crippen LogP contribution in [0, 0.1) is 6.92 Å². The van der Waals surface area contributed by atoms with E-state index in [9.17, 15) is 14.4 Å². The molecule has 0 aliphatic heterocycles. The lowest BCUT2D eigenvalue weighted by atomic mass is 10.2. The van der Waals surface area contributed by atoms with Crippen molar-refractivity contribution >= 4 is 39.9 Å². The third kappa shape index (κ3) is 6.41. The molecule has 2 aromatic heterocycles. The number of thiazole rings is 1. The molecule has 0 saturated heterocycles. The minimum atomic E-state index is -0.314. The van der Waals surface area contributed by atoms with Crippen LogP contribution in [-0.4, -0.2) is 35.9 Å². The Balaban J connectivity index is 1.48. The number of carbonyl (C=O) groups excluding carboxylic acids is 3. The van der Waals surface area contributed by atoms with Crippen molar-refractivity contribution in [3.63, 3.8) is 0 Å². The number of hydrogen-bond donors (Lipinski definition) is 3. The Morgan fingerprint density at radius 1 is 1.10 bits per heavy atom. The number of hydrogen-bond acceptors (Lipinski definition) is 7. The smallest absolute Gasteiger partial charge is 0.260 e. The van der Waals surface area contributed by atoms with Gasteiger partial charge in [0.2, 0.25) is 5.91 Å². The van der Waals surface area contributed by atoms with Gasteiger partial charge in [-0.05, 0) is 44.2 Å². The maximum absolute atomic E-state index is 12.3. The lowest BCUT2D eigenvalue weighted by Gasteiger charge is -2.08. The first-order valence-corrected chi connectivity index (χ1v) is 10.4. The van der Waals surface area contributed by atoms with Gasteiger partial charge < -0.3 is 19.8 Å². The number of nitrogens with one attached hydrogen (secondary N) is 3. The van der Waals surface area contributed by atoms with Gasteiger partial charge in [-0.15, -0.1) is 11.3 Å². The molecule has 2 heterocycles. The van der Waals surface area contributed by atoms with Crippen LogP contribution in [0.2, 0.25) is 0 Å². The first-order chi connectivity index (χ1) is 14.9. The minimum absolute atomic E-state index is 0.0621. The van der Waals surface area contributed by atoms with Crippen molar-refractivity contribution in [2.24, 2.45) is 0 Å². The fourth-order valence-electron chi connectivity index (χ4n) is 2.63.